The van der Waals surface area contributed by atoms with E-state index in [1.807, 2.05) is 0 Å². The average molecular weight is 378 g/mol. The first-order chi connectivity index (χ1) is 12.4. The van der Waals surface area contributed by atoms with E-state index in [9.17, 15) is 14.4 Å². The number of hydrogen-bond acceptors (Lipinski definition) is 5. The van der Waals surface area contributed by atoms with E-state index in [2.05, 4.69) is 5.32 Å². The van der Waals surface area contributed by atoms with Crippen LogP contribution in [0.4, 0.5) is 0 Å². The summed E-state index contributed by atoms with van der Waals surface area (Å²) in [7, 11) is 3.38. The zero-order chi connectivity index (χ0) is 19.1. The molecule has 0 aromatic heterocycles. The third kappa shape index (κ3) is 5.76. The number of carbonyl (C=O) groups excluding carboxylic acids is 3. The molecule has 1 aliphatic rings. The molecule has 142 valence electrons. The molecule has 1 saturated carbocycles. The Morgan fingerprint density at radius 2 is 1.88 bits per heavy atom. The minimum Gasteiger partial charge on any atom is -0.449 e. The fourth-order valence-electron chi connectivity index (χ4n) is 2.70. The van der Waals surface area contributed by atoms with Crippen LogP contribution < -0.4 is 5.32 Å². The summed E-state index contributed by atoms with van der Waals surface area (Å²) in [5.41, 5.74) is 0.365. The maximum absolute atomic E-state index is 12.5. The quantitative estimate of drug-likeness (QED) is 0.583. The molecule has 1 aromatic rings. The van der Waals surface area contributed by atoms with Crippen LogP contribution in [0.5, 0.6) is 0 Å². The van der Waals surface area contributed by atoms with E-state index in [-0.39, 0.29) is 23.6 Å². The number of nitrogens with one attached hydrogen (secondary N) is 1. The number of hydrogen-bond donors (Lipinski definition) is 1. The van der Waals surface area contributed by atoms with Crippen molar-refractivity contribution in [3.63, 3.8) is 0 Å². The van der Waals surface area contributed by atoms with Gasteiger partial charge in [-0.2, -0.15) is 0 Å². The maximum Gasteiger partial charge on any atom is 0.340 e. The predicted molar refractivity (Wildman–Crippen MR) is 101 cm³/mol. The highest BCUT2D eigenvalue weighted by Crippen LogP contribution is 2.24. The van der Waals surface area contributed by atoms with Crippen LogP contribution in [-0.4, -0.2) is 54.7 Å². The molecule has 26 heavy (non-hydrogen) atoms. The molecule has 1 N–H and O–H groups in total. The Hall–Kier alpha value is -2.02. The summed E-state index contributed by atoms with van der Waals surface area (Å²) in [5.74, 6) is -0.630. The van der Waals surface area contributed by atoms with Crippen molar-refractivity contribution in [3.8, 4) is 0 Å². The van der Waals surface area contributed by atoms with Crippen LogP contribution in [0.1, 0.15) is 43.0 Å². The van der Waals surface area contributed by atoms with E-state index >= 15 is 0 Å². The number of thioether (sulfide) groups is 1. The van der Waals surface area contributed by atoms with Gasteiger partial charge in [0.1, 0.15) is 0 Å². The van der Waals surface area contributed by atoms with Gasteiger partial charge in [0.15, 0.2) is 6.10 Å². The molecule has 0 aliphatic heterocycles. The number of benzene rings is 1. The lowest BCUT2D eigenvalue weighted by molar-refractivity contribution is -0.129. The number of carbonyl (C=O) groups is 3. The predicted octanol–water partition coefficient (Wildman–Crippen LogP) is 2.47. The number of rotatable bonds is 7. The van der Waals surface area contributed by atoms with Gasteiger partial charge in [-0.05, 0) is 31.9 Å². The van der Waals surface area contributed by atoms with E-state index in [4.69, 9.17) is 4.74 Å². The molecule has 0 bridgehead atoms. The number of amides is 2. The number of ether oxygens (including phenoxy) is 1. The zero-order valence-corrected chi connectivity index (χ0v) is 16.3. The number of esters is 1. The highest BCUT2D eigenvalue weighted by Gasteiger charge is 2.24. The van der Waals surface area contributed by atoms with Crippen molar-refractivity contribution in [2.75, 3.05) is 19.8 Å². The Kier molecular flexibility index (Phi) is 7.50. The SMILES string of the molecule is CC(OC(=O)c1ccccc1SCC(=O)N(C)C)C(=O)NC1CCCC1. The van der Waals surface area contributed by atoms with Gasteiger partial charge in [-0.25, -0.2) is 4.79 Å². The molecular formula is C19H26N2O4S. The molecular weight excluding hydrogens is 352 g/mol. The van der Waals surface area contributed by atoms with Crippen molar-refractivity contribution in [2.45, 2.75) is 49.6 Å². The topological polar surface area (TPSA) is 75.7 Å². The largest absolute Gasteiger partial charge is 0.449 e. The van der Waals surface area contributed by atoms with E-state index in [1.165, 1.54) is 16.7 Å². The summed E-state index contributed by atoms with van der Waals surface area (Å²) in [4.78, 5) is 38.6. The van der Waals surface area contributed by atoms with Crippen molar-refractivity contribution in [3.05, 3.63) is 29.8 Å². The van der Waals surface area contributed by atoms with Crippen LogP contribution in [0.2, 0.25) is 0 Å². The molecule has 1 fully saturated rings. The van der Waals surface area contributed by atoms with Gasteiger partial charge >= 0.3 is 5.97 Å². The highest BCUT2D eigenvalue weighted by atomic mass is 32.2. The minimum absolute atomic E-state index is 0.0394. The highest BCUT2D eigenvalue weighted by molar-refractivity contribution is 8.00. The second-order valence-corrected chi connectivity index (χ2v) is 7.63. The minimum atomic E-state index is -0.857. The lowest BCUT2D eigenvalue weighted by Gasteiger charge is -2.18. The van der Waals surface area contributed by atoms with Crippen LogP contribution in [0.25, 0.3) is 0 Å². The molecule has 0 radical (unpaired) electrons. The van der Waals surface area contributed by atoms with Crippen LogP contribution in [-0.2, 0) is 14.3 Å². The van der Waals surface area contributed by atoms with Gasteiger partial charge < -0.3 is 15.0 Å². The summed E-state index contributed by atoms with van der Waals surface area (Å²) in [6.07, 6.45) is 3.34. The average Bonchev–Trinajstić information content (AvgIpc) is 3.12. The van der Waals surface area contributed by atoms with Crippen molar-refractivity contribution in [1.29, 1.82) is 0 Å². The van der Waals surface area contributed by atoms with Gasteiger partial charge in [0.2, 0.25) is 5.91 Å². The van der Waals surface area contributed by atoms with Crippen molar-refractivity contribution in [2.24, 2.45) is 0 Å². The summed E-state index contributed by atoms with van der Waals surface area (Å²) in [6.45, 7) is 1.58. The van der Waals surface area contributed by atoms with Gasteiger partial charge in [-0.1, -0.05) is 25.0 Å². The Labute approximate surface area is 158 Å². The summed E-state index contributed by atoms with van der Waals surface area (Å²) in [5, 5.41) is 2.93. The molecule has 0 saturated heterocycles. The van der Waals surface area contributed by atoms with Crippen molar-refractivity contribution >= 4 is 29.5 Å². The molecule has 1 atom stereocenters. The lowest BCUT2D eigenvalue weighted by Crippen LogP contribution is -2.40. The smallest absolute Gasteiger partial charge is 0.340 e. The van der Waals surface area contributed by atoms with Crippen molar-refractivity contribution in [1.82, 2.24) is 10.2 Å². The normalized spacial score (nSPS) is 15.3. The maximum atomic E-state index is 12.5. The van der Waals surface area contributed by atoms with Crippen LogP contribution in [0.3, 0.4) is 0 Å². The summed E-state index contributed by atoms with van der Waals surface area (Å²) >= 11 is 1.28. The van der Waals surface area contributed by atoms with Crippen LogP contribution >= 0.6 is 11.8 Å². The molecule has 1 aromatic carbocycles. The zero-order valence-electron chi connectivity index (χ0n) is 15.5. The van der Waals surface area contributed by atoms with E-state index in [0.29, 0.717) is 10.5 Å². The van der Waals surface area contributed by atoms with Crippen LogP contribution in [0.15, 0.2) is 29.2 Å². The molecule has 2 amide bonds. The van der Waals surface area contributed by atoms with E-state index in [1.54, 1.807) is 45.3 Å². The Morgan fingerprint density at radius 3 is 2.54 bits per heavy atom. The second-order valence-electron chi connectivity index (χ2n) is 6.61. The fourth-order valence-corrected chi connectivity index (χ4v) is 3.71. The van der Waals surface area contributed by atoms with E-state index < -0.39 is 12.1 Å². The van der Waals surface area contributed by atoms with Crippen LogP contribution in [0, 0.1) is 0 Å². The van der Waals surface area contributed by atoms with Gasteiger partial charge in [0, 0.05) is 25.0 Å². The van der Waals surface area contributed by atoms with Crippen molar-refractivity contribution < 1.29 is 19.1 Å². The Balaban J connectivity index is 1.95. The van der Waals surface area contributed by atoms with Gasteiger partial charge in [-0.15, -0.1) is 11.8 Å². The Morgan fingerprint density at radius 1 is 1.23 bits per heavy atom. The second kappa shape index (κ2) is 9.62. The monoisotopic (exact) mass is 378 g/mol. The number of nitrogens with zero attached hydrogens (tertiary/aromatic N) is 1. The van der Waals surface area contributed by atoms with Gasteiger partial charge in [0.05, 0.1) is 11.3 Å². The molecule has 0 spiro atoms. The molecule has 0 heterocycles. The first-order valence-corrected chi connectivity index (χ1v) is 9.80. The van der Waals surface area contributed by atoms with E-state index in [0.717, 1.165) is 25.7 Å². The molecule has 6 nitrogen and oxygen atoms in total. The standard InChI is InChI=1S/C19H26N2O4S/c1-13(18(23)20-14-8-4-5-9-14)25-19(24)15-10-6-7-11-16(15)26-12-17(22)21(2)3/h6-7,10-11,13-14H,4-5,8-9,12H2,1-3H3,(H,20,23). The molecule has 1 aliphatic carbocycles. The lowest BCUT2D eigenvalue weighted by atomic mass is 10.2. The van der Waals surface area contributed by atoms with Gasteiger partial charge in [-0.3, -0.25) is 9.59 Å². The fraction of sp³-hybridized carbons (Fsp3) is 0.526. The Bertz CT molecular complexity index is 657. The first-order valence-electron chi connectivity index (χ1n) is 8.82. The summed E-state index contributed by atoms with van der Waals surface area (Å²) < 4.78 is 5.34. The molecule has 2 rings (SSSR count). The molecule has 7 heteroatoms. The summed E-state index contributed by atoms with van der Waals surface area (Å²) in [6, 6.07) is 7.14. The van der Waals surface area contributed by atoms with Gasteiger partial charge in [0.25, 0.3) is 5.91 Å². The first kappa shape index (κ1) is 20.3. The third-order valence-corrected chi connectivity index (χ3v) is 5.37. The third-order valence-electron chi connectivity index (χ3n) is 4.31. The molecule has 1 unspecified atom stereocenters.